The molecule has 4 nitrogen and oxygen atoms in total. The van der Waals surface area contributed by atoms with Gasteiger partial charge in [0, 0.05) is 17.8 Å². The van der Waals surface area contributed by atoms with E-state index in [9.17, 15) is 0 Å². The first-order valence-corrected chi connectivity index (χ1v) is 6.72. The Morgan fingerprint density at radius 1 is 1.56 bits per heavy atom. The molecular formula is C11H20N4S. The fraction of sp³-hybridized carbons (Fsp3) is 0.636. The van der Waals surface area contributed by atoms with Crippen LogP contribution in [0.3, 0.4) is 0 Å². The summed E-state index contributed by atoms with van der Waals surface area (Å²) >= 11 is 1.96. The zero-order chi connectivity index (χ0) is 12.0. The van der Waals surface area contributed by atoms with Gasteiger partial charge in [-0.2, -0.15) is 16.7 Å². The molecule has 16 heavy (non-hydrogen) atoms. The Bertz CT molecular complexity index is 330. The zero-order valence-corrected chi connectivity index (χ0v) is 11.0. The second kappa shape index (κ2) is 6.58. The zero-order valence-electron chi connectivity index (χ0n) is 10.2. The van der Waals surface area contributed by atoms with Crippen molar-refractivity contribution in [3.63, 3.8) is 0 Å². The van der Waals surface area contributed by atoms with Gasteiger partial charge in [-0.25, -0.2) is 4.98 Å². The molecule has 1 aromatic heterocycles. The minimum Gasteiger partial charge on any atom is -0.368 e. The fourth-order valence-electron chi connectivity index (χ4n) is 1.31. The predicted molar refractivity (Wildman–Crippen MR) is 71.9 cm³/mol. The van der Waals surface area contributed by atoms with Crippen LogP contribution in [0.4, 0.5) is 11.8 Å². The molecule has 0 bridgehead atoms. The second-order valence-electron chi connectivity index (χ2n) is 3.79. The van der Waals surface area contributed by atoms with E-state index >= 15 is 0 Å². The van der Waals surface area contributed by atoms with Gasteiger partial charge in [-0.3, -0.25) is 0 Å². The lowest BCUT2D eigenvalue weighted by molar-refractivity contribution is 0.764. The van der Waals surface area contributed by atoms with Crippen molar-refractivity contribution < 1.29 is 0 Å². The number of aromatic nitrogens is 2. The molecule has 1 unspecified atom stereocenters. The van der Waals surface area contributed by atoms with Crippen molar-refractivity contribution in [2.45, 2.75) is 33.2 Å². The summed E-state index contributed by atoms with van der Waals surface area (Å²) in [5.74, 6) is 3.51. The van der Waals surface area contributed by atoms with Gasteiger partial charge in [-0.15, -0.1) is 0 Å². The number of nitrogens with zero attached hydrogens (tertiary/aromatic N) is 2. The van der Waals surface area contributed by atoms with Crippen LogP contribution in [0.2, 0.25) is 0 Å². The van der Waals surface area contributed by atoms with Gasteiger partial charge in [0.1, 0.15) is 5.82 Å². The second-order valence-corrected chi connectivity index (χ2v) is 5.18. The van der Waals surface area contributed by atoms with Gasteiger partial charge in [0.2, 0.25) is 5.95 Å². The number of nitrogens with two attached hydrogens (primary N) is 1. The number of rotatable bonds is 6. The van der Waals surface area contributed by atoms with E-state index in [0.717, 1.165) is 17.8 Å². The lowest BCUT2D eigenvalue weighted by Crippen LogP contribution is -2.18. The largest absolute Gasteiger partial charge is 0.368 e. The van der Waals surface area contributed by atoms with Crippen LogP contribution in [0.15, 0.2) is 6.20 Å². The first kappa shape index (κ1) is 13.1. The molecule has 1 aromatic rings. The molecular weight excluding hydrogens is 220 g/mol. The van der Waals surface area contributed by atoms with E-state index in [4.69, 9.17) is 5.73 Å². The molecule has 0 amide bonds. The molecule has 0 aliphatic carbocycles. The van der Waals surface area contributed by atoms with Gasteiger partial charge in [-0.1, -0.05) is 6.92 Å². The standard InChI is InChI=1S/C11H20N4S/c1-4-16-6-5-9(3)14-10-8(2)7-13-11(12)15-10/h7,9H,4-6H2,1-3H3,(H3,12,13,14,15). The van der Waals surface area contributed by atoms with Crippen LogP contribution in [-0.2, 0) is 0 Å². The van der Waals surface area contributed by atoms with Gasteiger partial charge in [-0.05, 0) is 31.8 Å². The molecule has 5 heteroatoms. The topological polar surface area (TPSA) is 63.8 Å². The van der Waals surface area contributed by atoms with Crippen LogP contribution in [0.1, 0.15) is 25.8 Å². The molecule has 0 saturated heterocycles. The summed E-state index contributed by atoms with van der Waals surface area (Å²) in [6.07, 6.45) is 2.88. The number of nitrogen functional groups attached to an aromatic ring is 1. The van der Waals surface area contributed by atoms with E-state index in [1.54, 1.807) is 6.20 Å². The summed E-state index contributed by atoms with van der Waals surface area (Å²) in [6.45, 7) is 6.32. The number of anilines is 2. The third kappa shape index (κ3) is 4.26. The van der Waals surface area contributed by atoms with Gasteiger partial charge in [0.15, 0.2) is 0 Å². The summed E-state index contributed by atoms with van der Waals surface area (Å²) in [5.41, 5.74) is 6.59. The molecule has 0 aliphatic heterocycles. The molecule has 0 aromatic carbocycles. The molecule has 3 N–H and O–H groups in total. The Balaban J connectivity index is 2.48. The minimum atomic E-state index is 0.322. The summed E-state index contributed by atoms with van der Waals surface area (Å²) in [4.78, 5) is 8.13. The van der Waals surface area contributed by atoms with Crippen molar-refractivity contribution in [2.75, 3.05) is 22.6 Å². The van der Waals surface area contributed by atoms with Crippen LogP contribution in [0, 0.1) is 6.92 Å². The highest BCUT2D eigenvalue weighted by atomic mass is 32.2. The maximum Gasteiger partial charge on any atom is 0.221 e. The van der Waals surface area contributed by atoms with Gasteiger partial charge < -0.3 is 11.1 Å². The molecule has 1 rings (SSSR count). The summed E-state index contributed by atoms with van der Waals surface area (Å²) in [7, 11) is 0. The van der Waals surface area contributed by atoms with Crippen LogP contribution in [0.5, 0.6) is 0 Å². The lowest BCUT2D eigenvalue weighted by atomic mass is 10.2. The Hall–Kier alpha value is -0.970. The van der Waals surface area contributed by atoms with Crippen LogP contribution in [-0.4, -0.2) is 27.5 Å². The molecule has 0 fully saturated rings. The highest BCUT2D eigenvalue weighted by Gasteiger charge is 2.06. The van der Waals surface area contributed by atoms with Crippen molar-refractivity contribution in [3.8, 4) is 0 Å². The molecule has 0 radical (unpaired) electrons. The molecule has 0 spiro atoms. The fourth-order valence-corrected chi connectivity index (χ4v) is 2.12. The highest BCUT2D eigenvalue weighted by molar-refractivity contribution is 7.99. The van der Waals surface area contributed by atoms with E-state index in [2.05, 4.69) is 29.1 Å². The van der Waals surface area contributed by atoms with E-state index < -0.39 is 0 Å². The van der Waals surface area contributed by atoms with Crippen LogP contribution in [0.25, 0.3) is 0 Å². The Kier molecular flexibility index (Phi) is 5.38. The molecule has 90 valence electrons. The summed E-state index contributed by atoms with van der Waals surface area (Å²) < 4.78 is 0. The number of nitrogens with one attached hydrogen (secondary N) is 1. The summed E-state index contributed by atoms with van der Waals surface area (Å²) in [6, 6.07) is 0.409. The quantitative estimate of drug-likeness (QED) is 0.747. The van der Waals surface area contributed by atoms with Crippen LogP contribution >= 0.6 is 11.8 Å². The van der Waals surface area contributed by atoms with Crippen molar-refractivity contribution in [2.24, 2.45) is 0 Å². The van der Waals surface area contributed by atoms with Gasteiger partial charge in [0.25, 0.3) is 0 Å². The maximum absolute atomic E-state index is 5.56. The Morgan fingerprint density at radius 2 is 2.31 bits per heavy atom. The van der Waals surface area contributed by atoms with Crippen molar-refractivity contribution >= 4 is 23.5 Å². The van der Waals surface area contributed by atoms with Gasteiger partial charge >= 0.3 is 0 Å². The number of hydrogen-bond acceptors (Lipinski definition) is 5. The van der Waals surface area contributed by atoms with Gasteiger partial charge in [0.05, 0.1) is 0 Å². The van der Waals surface area contributed by atoms with E-state index in [-0.39, 0.29) is 0 Å². The van der Waals surface area contributed by atoms with E-state index in [0.29, 0.717) is 12.0 Å². The SMILES string of the molecule is CCSCCC(C)Nc1nc(N)ncc1C. The predicted octanol–water partition coefficient (Wildman–Crippen LogP) is 2.31. The average Bonchev–Trinajstić information content (AvgIpc) is 2.24. The minimum absolute atomic E-state index is 0.322. The third-order valence-electron chi connectivity index (χ3n) is 2.27. The maximum atomic E-state index is 5.56. The Morgan fingerprint density at radius 3 is 3.00 bits per heavy atom. The first-order valence-electron chi connectivity index (χ1n) is 5.57. The van der Waals surface area contributed by atoms with Crippen molar-refractivity contribution in [1.29, 1.82) is 0 Å². The molecule has 1 heterocycles. The number of thioether (sulfide) groups is 1. The smallest absolute Gasteiger partial charge is 0.221 e. The van der Waals surface area contributed by atoms with E-state index in [1.165, 1.54) is 11.5 Å². The third-order valence-corrected chi connectivity index (χ3v) is 3.21. The molecule has 1 atom stereocenters. The average molecular weight is 240 g/mol. The monoisotopic (exact) mass is 240 g/mol. The lowest BCUT2D eigenvalue weighted by Gasteiger charge is -2.15. The molecule has 0 saturated carbocycles. The van der Waals surface area contributed by atoms with Crippen molar-refractivity contribution in [1.82, 2.24) is 9.97 Å². The molecule has 0 aliphatic rings. The first-order chi connectivity index (χ1) is 7.63. The number of hydrogen-bond donors (Lipinski definition) is 2. The highest BCUT2D eigenvalue weighted by Crippen LogP contribution is 2.14. The van der Waals surface area contributed by atoms with Crippen molar-refractivity contribution in [3.05, 3.63) is 11.8 Å². The summed E-state index contributed by atoms with van der Waals surface area (Å²) in [5, 5.41) is 3.37. The van der Waals surface area contributed by atoms with E-state index in [1.807, 2.05) is 18.7 Å². The number of aryl methyl sites for hydroxylation is 1. The van der Waals surface area contributed by atoms with Crippen LogP contribution < -0.4 is 11.1 Å². The normalized spacial score (nSPS) is 12.4. The Labute approximate surface area is 101 Å².